The molecule has 24 heavy (non-hydrogen) atoms. The monoisotopic (exact) mass is 330 g/mol. The van der Waals surface area contributed by atoms with Gasteiger partial charge in [0.2, 0.25) is 0 Å². The number of aliphatic hydroxyl groups is 1. The third kappa shape index (κ3) is 2.97. The molecule has 1 fully saturated rings. The van der Waals surface area contributed by atoms with Gasteiger partial charge in [0.25, 0.3) is 0 Å². The van der Waals surface area contributed by atoms with Crippen LogP contribution < -0.4 is 5.46 Å². The van der Waals surface area contributed by atoms with Gasteiger partial charge in [-0.25, -0.2) is 9.67 Å². The number of hydrogen-bond acceptors (Lipinski definition) is 6. The Morgan fingerprint density at radius 2 is 1.75 bits per heavy atom. The molecule has 2 aromatic heterocycles. The van der Waals surface area contributed by atoms with Gasteiger partial charge in [0.1, 0.15) is 11.3 Å². The molecule has 1 aliphatic heterocycles. The zero-order valence-electron chi connectivity index (χ0n) is 14.9. The van der Waals surface area contributed by atoms with Crippen molar-refractivity contribution in [3.63, 3.8) is 0 Å². The van der Waals surface area contributed by atoms with Crippen LogP contribution in [-0.4, -0.2) is 43.4 Å². The molecule has 0 bridgehead atoms. The van der Waals surface area contributed by atoms with E-state index in [2.05, 4.69) is 15.3 Å². The number of nitrogens with zero attached hydrogens (tertiary/aromatic N) is 4. The van der Waals surface area contributed by atoms with Crippen LogP contribution in [0.1, 0.15) is 47.2 Å². The van der Waals surface area contributed by atoms with Crippen LogP contribution in [-0.2, 0) is 14.9 Å². The largest absolute Gasteiger partial charge is 0.496 e. The second-order valence-electron chi connectivity index (χ2n) is 7.65. The highest BCUT2D eigenvalue weighted by Gasteiger charge is 2.51. The number of pyridine rings is 1. The van der Waals surface area contributed by atoms with E-state index in [1.54, 1.807) is 26.2 Å². The molecule has 7 nitrogen and oxygen atoms in total. The van der Waals surface area contributed by atoms with Crippen LogP contribution >= 0.6 is 0 Å². The number of rotatable bonds is 3. The first-order valence-corrected chi connectivity index (χ1v) is 7.97. The quantitative estimate of drug-likeness (QED) is 0.852. The van der Waals surface area contributed by atoms with E-state index in [1.807, 2.05) is 39.8 Å². The first-order chi connectivity index (χ1) is 11.0. The summed E-state index contributed by atoms with van der Waals surface area (Å²) in [5, 5.41) is 17.9. The van der Waals surface area contributed by atoms with Gasteiger partial charge in [-0.2, -0.15) is 0 Å². The summed E-state index contributed by atoms with van der Waals surface area (Å²) in [6.07, 6.45) is 3.37. The fraction of sp³-hybridized carbons (Fsp3) is 0.562. The molecule has 0 amide bonds. The van der Waals surface area contributed by atoms with E-state index in [9.17, 15) is 5.11 Å². The summed E-state index contributed by atoms with van der Waals surface area (Å²) in [7, 11) is -0.445. The smallest absolute Gasteiger partial charge is 0.399 e. The van der Waals surface area contributed by atoms with Gasteiger partial charge in [-0.1, -0.05) is 11.3 Å². The summed E-state index contributed by atoms with van der Waals surface area (Å²) in [5.74, 6) is 0.610. The summed E-state index contributed by atoms with van der Waals surface area (Å²) in [5.41, 5.74) is -0.478. The van der Waals surface area contributed by atoms with Crippen molar-refractivity contribution in [2.75, 3.05) is 0 Å². The van der Waals surface area contributed by atoms with Crippen molar-refractivity contribution in [1.29, 1.82) is 0 Å². The maximum absolute atomic E-state index is 9.97. The van der Waals surface area contributed by atoms with Crippen molar-refractivity contribution < 1.29 is 14.4 Å². The molecule has 3 rings (SSSR count). The first-order valence-electron chi connectivity index (χ1n) is 7.97. The topological polar surface area (TPSA) is 82.3 Å². The normalized spacial score (nSPS) is 19.7. The van der Waals surface area contributed by atoms with Crippen molar-refractivity contribution in [3.05, 3.63) is 30.2 Å². The predicted molar refractivity (Wildman–Crippen MR) is 90.1 cm³/mol. The highest BCUT2D eigenvalue weighted by molar-refractivity contribution is 6.62. The van der Waals surface area contributed by atoms with Gasteiger partial charge in [0.05, 0.1) is 17.4 Å². The molecule has 0 aliphatic carbocycles. The Balaban J connectivity index is 1.81. The summed E-state index contributed by atoms with van der Waals surface area (Å²) in [6, 6.07) is 3.72. The molecule has 0 radical (unpaired) electrons. The zero-order chi connectivity index (χ0) is 17.8. The molecule has 0 saturated carbocycles. The van der Waals surface area contributed by atoms with E-state index in [4.69, 9.17) is 9.31 Å². The second-order valence-corrected chi connectivity index (χ2v) is 7.65. The van der Waals surface area contributed by atoms with Gasteiger partial charge in [0, 0.05) is 11.7 Å². The van der Waals surface area contributed by atoms with Gasteiger partial charge < -0.3 is 14.4 Å². The summed E-state index contributed by atoms with van der Waals surface area (Å²) < 4.78 is 13.6. The highest BCUT2D eigenvalue weighted by Crippen LogP contribution is 2.36. The molecule has 1 saturated heterocycles. The van der Waals surface area contributed by atoms with Crippen molar-refractivity contribution in [2.45, 2.75) is 58.3 Å². The number of hydrogen-bond donors (Lipinski definition) is 1. The van der Waals surface area contributed by atoms with Crippen molar-refractivity contribution in [2.24, 2.45) is 0 Å². The highest BCUT2D eigenvalue weighted by atomic mass is 16.7. The fourth-order valence-electron chi connectivity index (χ4n) is 2.31. The Morgan fingerprint density at radius 3 is 2.21 bits per heavy atom. The molecule has 0 spiro atoms. The van der Waals surface area contributed by atoms with Gasteiger partial charge in [-0.3, -0.25) is 0 Å². The minimum absolute atomic E-state index is 0.385. The minimum atomic E-state index is -1.04. The SMILES string of the molecule is CC(C)(O)c1cn(-c2ccc(B3OC(C)(C)C(C)(C)O3)cn2)nn1. The molecule has 0 unspecified atom stereocenters. The minimum Gasteiger partial charge on any atom is -0.399 e. The van der Waals surface area contributed by atoms with Crippen molar-refractivity contribution >= 4 is 12.6 Å². The van der Waals surface area contributed by atoms with Gasteiger partial charge in [0.15, 0.2) is 5.82 Å². The Labute approximate surface area is 142 Å². The molecule has 0 atom stereocenters. The molecule has 0 aromatic carbocycles. The van der Waals surface area contributed by atoms with Gasteiger partial charge in [-0.15, -0.1) is 5.10 Å². The fourth-order valence-corrected chi connectivity index (χ4v) is 2.31. The summed E-state index contributed by atoms with van der Waals surface area (Å²) in [6.45, 7) is 11.4. The number of aromatic nitrogens is 4. The van der Waals surface area contributed by atoms with E-state index in [0.29, 0.717) is 11.5 Å². The van der Waals surface area contributed by atoms with Crippen LogP contribution in [0.4, 0.5) is 0 Å². The predicted octanol–water partition coefficient (Wildman–Crippen LogP) is 1.19. The maximum atomic E-state index is 9.97. The van der Waals surface area contributed by atoms with Crippen LogP contribution in [0.3, 0.4) is 0 Å². The third-order valence-corrected chi connectivity index (χ3v) is 4.65. The molecule has 1 aliphatic rings. The molecule has 128 valence electrons. The molecule has 8 heteroatoms. The molecule has 1 N–H and O–H groups in total. The van der Waals surface area contributed by atoms with Crippen molar-refractivity contribution in [3.8, 4) is 5.82 Å². The third-order valence-electron chi connectivity index (χ3n) is 4.65. The second kappa shape index (κ2) is 5.37. The average molecular weight is 330 g/mol. The van der Waals surface area contributed by atoms with E-state index < -0.39 is 12.7 Å². The lowest BCUT2D eigenvalue weighted by Gasteiger charge is -2.32. The lowest BCUT2D eigenvalue weighted by Crippen LogP contribution is -2.41. The Bertz CT molecular complexity index is 719. The molecular weight excluding hydrogens is 307 g/mol. The lowest BCUT2D eigenvalue weighted by atomic mass is 9.80. The van der Waals surface area contributed by atoms with E-state index in [0.717, 1.165) is 5.46 Å². The summed E-state index contributed by atoms with van der Waals surface area (Å²) in [4.78, 5) is 4.40. The summed E-state index contributed by atoms with van der Waals surface area (Å²) >= 11 is 0. The van der Waals surface area contributed by atoms with E-state index in [1.165, 1.54) is 4.68 Å². The van der Waals surface area contributed by atoms with E-state index in [-0.39, 0.29) is 11.2 Å². The van der Waals surface area contributed by atoms with Crippen LogP contribution in [0.25, 0.3) is 5.82 Å². The van der Waals surface area contributed by atoms with Crippen LogP contribution in [0.5, 0.6) is 0 Å². The maximum Gasteiger partial charge on any atom is 0.496 e. The van der Waals surface area contributed by atoms with Crippen LogP contribution in [0.2, 0.25) is 0 Å². The van der Waals surface area contributed by atoms with Crippen LogP contribution in [0, 0.1) is 0 Å². The van der Waals surface area contributed by atoms with Gasteiger partial charge in [-0.05, 0) is 47.6 Å². The van der Waals surface area contributed by atoms with Gasteiger partial charge >= 0.3 is 7.12 Å². The Morgan fingerprint density at radius 1 is 1.12 bits per heavy atom. The lowest BCUT2D eigenvalue weighted by molar-refractivity contribution is 0.00578. The average Bonchev–Trinajstić information content (AvgIpc) is 3.02. The Hall–Kier alpha value is -1.77. The Kier molecular flexibility index (Phi) is 3.82. The standard InChI is InChI=1S/C16H23BN4O3/c1-14(2,22)12-10-21(20-19-12)13-8-7-11(9-18-13)17-23-15(3,4)16(5,6)24-17/h7-10,22H,1-6H3. The van der Waals surface area contributed by atoms with Crippen molar-refractivity contribution in [1.82, 2.24) is 20.0 Å². The molecule has 3 heterocycles. The zero-order valence-corrected chi connectivity index (χ0v) is 14.9. The molecular formula is C16H23BN4O3. The van der Waals surface area contributed by atoms with Crippen LogP contribution in [0.15, 0.2) is 24.5 Å². The first kappa shape index (κ1) is 17.1. The van der Waals surface area contributed by atoms with E-state index >= 15 is 0 Å². The molecule has 2 aromatic rings.